The molecule has 0 radical (unpaired) electrons. The van der Waals surface area contributed by atoms with Crippen LogP contribution in [-0.4, -0.2) is 62.5 Å². The zero-order valence-electron chi connectivity index (χ0n) is 22.6. The smallest absolute Gasteiger partial charge is 0.369 e. The number of piperidine rings is 1. The van der Waals surface area contributed by atoms with E-state index in [0.29, 0.717) is 55.9 Å². The number of hydrogen-bond acceptors (Lipinski definition) is 7. The van der Waals surface area contributed by atoms with E-state index in [9.17, 15) is 22.8 Å². The van der Waals surface area contributed by atoms with Gasteiger partial charge in [-0.3, -0.25) is 9.36 Å². The fourth-order valence-electron chi connectivity index (χ4n) is 5.60. The highest BCUT2D eigenvalue weighted by Gasteiger charge is 2.33. The van der Waals surface area contributed by atoms with Crippen LogP contribution in [0.1, 0.15) is 50.1 Å². The highest BCUT2D eigenvalue weighted by Crippen LogP contribution is 2.42. The average Bonchev–Trinajstić information content (AvgIpc) is 3.31. The Kier molecular flexibility index (Phi) is 8.56. The number of fused-ring (bicyclic) bond motifs is 1. The molecule has 3 heterocycles. The maximum absolute atomic E-state index is 13.3. The van der Waals surface area contributed by atoms with Crippen molar-refractivity contribution in [2.75, 3.05) is 30.8 Å². The summed E-state index contributed by atoms with van der Waals surface area (Å²) in [5, 5.41) is 8.53. The fraction of sp³-hybridized carbons (Fsp3) is 0.500. The summed E-state index contributed by atoms with van der Waals surface area (Å²) in [7, 11) is 1.59. The van der Waals surface area contributed by atoms with E-state index in [-0.39, 0.29) is 51.6 Å². The number of carbonyl (C=O) groups is 2. The van der Waals surface area contributed by atoms with Crippen molar-refractivity contribution in [3.8, 4) is 0 Å². The zero-order valence-corrected chi connectivity index (χ0v) is 24.2. The van der Waals surface area contributed by atoms with Crippen LogP contribution in [0.25, 0.3) is 11.2 Å². The van der Waals surface area contributed by atoms with Gasteiger partial charge in [0.1, 0.15) is 5.52 Å². The highest BCUT2D eigenvalue weighted by atomic mass is 35.5. The lowest BCUT2D eigenvalue weighted by Crippen LogP contribution is -2.48. The predicted octanol–water partition coefficient (Wildman–Crippen LogP) is 5.33. The molecular formula is C26H30Cl2F3N9O2. The number of nitrogens with zero attached hydrogens (tertiary/aromatic N) is 5. The van der Waals surface area contributed by atoms with E-state index in [4.69, 9.17) is 33.9 Å². The Hall–Kier alpha value is -3.52. The van der Waals surface area contributed by atoms with Crippen LogP contribution in [-0.2, 0) is 11.0 Å². The first-order valence-corrected chi connectivity index (χ1v) is 14.3. The predicted molar refractivity (Wildman–Crippen MR) is 153 cm³/mol. The number of carbonyl (C=O) groups excluding carboxylic acids is 2. The first-order valence-electron chi connectivity index (χ1n) is 13.5. The molecule has 5 rings (SSSR count). The molecule has 1 aromatic carbocycles. The number of anilines is 3. The molecule has 0 bridgehead atoms. The highest BCUT2D eigenvalue weighted by molar-refractivity contribution is 6.39. The van der Waals surface area contributed by atoms with E-state index in [2.05, 4.69) is 25.9 Å². The summed E-state index contributed by atoms with van der Waals surface area (Å²) in [5.74, 6) is 0.0201. The Bertz CT molecular complexity index is 1470. The summed E-state index contributed by atoms with van der Waals surface area (Å²) in [6, 6.07) is 1.22. The van der Waals surface area contributed by atoms with Crippen molar-refractivity contribution in [2.24, 2.45) is 11.7 Å². The Morgan fingerprint density at radius 1 is 1.07 bits per heavy atom. The van der Waals surface area contributed by atoms with Crippen LogP contribution >= 0.6 is 23.2 Å². The number of alkyl halides is 3. The van der Waals surface area contributed by atoms with Gasteiger partial charge >= 0.3 is 12.2 Å². The van der Waals surface area contributed by atoms with Crippen molar-refractivity contribution < 1.29 is 22.8 Å². The van der Waals surface area contributed by atoms with Crippen LogP contribution in [0, 0.1) is 5.92 Å². The average molecular weight is 628 g/mol. The van der Waals surface area contributed by atoms with E-state index in [1.165, 1.54) is 0 Å². The molecule has 2 fully saturated rings. The molecule has 0 spiro atoms. The van der Waals surface area contributed by atoms with Crippen molar-refractivity contribution >= 4 is 63.9 Å². The number of likely N-dealkylation sites (tertiary alicyclic amines) is 1. The minimum atomic E-state index is -4.62. The molecule has 1 aliphatic carbocycles. The molecule has 1 aliphatic heterocycles. The lowest BCUT2D eigenvalue weighted by atomic mass is 9.85. The second-order valence-electron chi connectivity index (χ2n) is 10.5. The monoisotopic (exact) mass is 627 g/mol. The number of hydrogen-bond donors (Lipinski definition) is 4. The minimum absolute atomic E-state index is 0.0662. The van der Waals surface area contributed by atoms with Crippen LogP contribution in [0.15, 0.2) is 18.3 Å². The second-order valence-corrected chi connectivity index (χ2v) is 11.4. The first-order chi connectivity index (χ1) is 19.9. The molecule has 1 saturated heterocycles. The molecule has 226 valence electrons. The quantitative estimate of drug-likeness (QED) is 0.289. The third-order valence-electron chi connectivity index (χ3n) is 7.76. The van der Waals surface area contributed by atoms with Gasteiger partial charge in [0.25, 0.3) is 0 Å². The van der Waals surface area contributed by atoms with Crippen molar-refractivity contribution in [1.29, 1.82) is 0 Å². The molecule has 42 heavy (non-hydrogen) atoms. The van der Waals surface area contributed by atoms with Crippen molar-refractivity contribution in [1.82, 2.24) is 29.7 Å². The van der Waals surface area contributed by atoms with Gasteiger partial charge in [0.15, 0.2) is 5.65 Å². The fourth-order valence-corrected chi connectivity index (χ4v) is 6.18. The van der Waals surface area contributed by atoms with E-state index >= 15 is 0 Å². The Morgan fingerprint density at radius 3 is 2.38 bits per heavy atom. The molecule has 2 aliphatic rings. The molecular weight excluding hydrogens is 598 g/mol. The summed E-state index contributed by atoms with van der Waals surface area (Å²) < 4.78 is 41.7. The third-order valence-corrected chi connectivity index (χ3v) is 8.36. The van der Waals surface area contributed by atoms with Crippen LogP contribution in [0.5, 0.6) is 0 Å². The maximum atomic E-state index is 13.3. The molecule has 0 unspecified atom stereocenters. The third kappa shape index (κ3) is 6.28. The van der Waals surface area contributed by atoms with Gasteiger partial charge in [0.05, 0.1) is 27.5 Å². The first kappa shape index (κ1) is 30.0. The number of nitrogens with one attached hydrogen (secondary N) is 3. The topological polar surface area (TPSA) is 143 Å². The molecule has 2 aromatic heterocycles. The normalized spacial score (nSPS) is 21.3. The summed E-state index contributed by atoms with van der Waals surface area (Å²) in [6.07, 6.45) is 0.893. The summed E-state index contributed by atoms with van der Waals surface area (Å²) >= 11 is 12.5. The Morgan fingerprint density at radius 2 is 1.76 bits per heavy atom. The number of aromatic nitrogens is 4. The number of primary amides is 1. The van der Waals surface area contributed by atoms with Gasteiger partial charge in [-0.2, -0.15) is 18.2 Å². The lowest BCUT2D eigenvalue weighted by molar-refractivity contribution is -0.137. The molecule has 1 saturated carbocycles. The summed E-state index contributed by atoms with van der Waals surface area (Å²) in [4.78, 5) is 39.4. The molecule has 3 aromatic rings. The summed E-state index contributed by atoms with van der Waals surface area (Å²) in [6.45, 7) is 1.14. The van der Waals surface area contributed by atoms with Crippen molar-refractivity contribution in [3.05, 3.63) is 33.9 Å². The van der Waals surface area contributed by atoms with Gasteiger partial charge in [-0.15, -0.1) is 0 Å². The number of urea groups is 1. The van der Waals surface area contributed by atoms with Crippen LogP contribution in [0.2, 0.25) is 10.0 Å². The lowest BCUT2D eigenvalue weighted by Gasteiger charge is -2.32. The van der Waals surface area contributed by atoms with E-state index < -0.39 is 11.7 Å². The van der Waals surface area contributed by atoms with Crippen molar-refractivity contribution in [2.45, 2.75) is 56.8 Å². The number of imidazole rings is 1. The van der Waals surface area contributed by atoms with Crippen LogP contribution in [0.3, 0.4) is 0 Å². The van der Waals surface area contributed by atoms with Gasteiger partial charge in [0.2, 0.25) is 17.8 Å². The summed E-state index contributed by atoms with van der Waals surface area (Å²) in [5.41, 5.74) is 5.56. The Labute approximate surface area is 249 Å². The molecule has 16 heteroatoms. The number of amides is 3. The van der Waals surface area contributed by atoms with E-state index in [1.54, 1.807) is 18.1 Å². The SMILES string of the molecule is CNC(=O)N1CCC[C@@H](Nc2ncc3nc(Nc4c(Cl)cc(C(F)(F)F)cc4Cl)n([C@H]4CC[C@H](C(N)=O)CC4)c3n2)C1. The molecule has 11 nitrogen and oxygen atoms in total. The van der Waals surface area contributed by atoms with Crippen molar-refractivity contribution in [3.63, 3.8) is 0 Å². The van der Waals surface area contributed by atoms with Crippen LogP contribution in [0.4, 0.5) is 35.5 Å². The zero-order chi connectivity index (χ0) is 30.2. The van der Waals surface area contributed by atoms with E-state index in [0.717, 1.165) is 25.0 Å². The van der Waals surface area contributed by atoms with Gasteiger partial charge in [0, 0.05) is 38.1 Å². The molecule has 5 N–H and O–H groups in total. The van der Waals surface area contributed by atoms with Gasteiger partial charge < -0.3 is 26.6 Å². The molecule has 1 atom stereocenters. The largest absolute Gasteiger partial charge is 0.416 e. The van der Waals surface area contributed by atoms with E-state index in [1.807, 2.05) is 4.57 Å². The number of halogens is 5. The van der Waals surface area contributed by atoms with Gasteiger partial charge in [-0.1, -0.05) is 23.2 Å². The van der Waals surface area contributed by atoms with Crippen LogP contribution < -0.4 is 21.7 Å². The van der Waals surface area contributed by atoms with Gasteiger partial charge in [-0.25, -0.2) is 14.8 Å². The minimum Gasteiger partial charge on any atom is -0.369 e. The molecule has 3 amide bonds. The number of rotatable bonds is 6. The number of benzene rings is 1. The maximum Gasteiger partial charge on any atom is 0.416 e. The number of nitrogens with two attached hydrogens (primary N) is 1. The van der Waals surface area contributed by atoms with Gasteiger partial charge in [-0.05, 0) is 50.7 Å². The Balaban J connectivity index is 1.49. The second kappa shape index (κ2) is 12.0. The standard InChI is InChI=1S/C26H30Cl2F3N9O2/c1-33-25(42)39-8-2-3-15(12-39)35-23-34-11-19-22(38-23)40(16-6-4-13(5-7-16)21(32)41)24(36-19)37-20-17(27)9-14(10-18(20)28)26(29,30)31/h9-11,13,15-16H,2-8,12H2,1H3,(H2,32,41)(H,33,42)(H,36,37)(H,34,35,38)/t13-,15-,16-/m1/s1.